The molecule has 9 nitrogen and oxygen atoms in total. The molecule has 0 saturated carbocycles. The lowest BCUT2D eigenvalue weighted by molar-refractivity contribution is -0.384. The highest BCUT2D eigenvalue weighted by atomic mass is 32.2. The van der Waals surface area contributed by atoms with Crippen molar-refractivity contribution < 1.29 is 9.72 Å². The molecule has 2 aromatic carbocycles. The number of aromatic nitrogens is 5. The van der Waals surface area contributed by atoms with Crippen LogP contribution in [0.3, 0.4) is 0 Å². The average Bonchev–Trinajstić information content (AvgIpc) is 3.20. The molecule has 0 unspecified atom stereocenters. The fourth-order valence-electron chi connectivity index (χ4n) is 2.77. The quantitative estimate of drug-likeness (QED) is 0.292. The Kier molecular flexibility index (Phi) is 5.00. The number of fused-ring (bicyclic) bond motifs is 1. The van der Waals surface area contributed by atoms with E-state index < -0.39 is 4.92 Å². The molecule has 2 aromatic heterocycles. The highest BCUT2D eigenvalue weighted by Crippen LogP contribution is 2.31. The molecule has 0 aliphatic carbocycles. The van der Waals surface area contributed by atoms with Crippen LogP contribution in [0.1, 0.15) is 6.92 Å². The van der Waals surface area contributed by atoms with Crippen LogP contribution in [0, 0.1) is 10.1 Å². The molecule has 0 spiro atoms. The number of nitrogens with one attached hydrogen (secondary N) is 1. The first-order chi connectivity index (χ1) is 14.0. The number of nitro groups is 1. The van der Waals surface area contributed by atoms with Crippen LogP contribution in [0.5, 0.6) is 0 Å². The number of benzene rings is 2. The van der Waals surface area contributed by atoms with Gasteiger partial charge in [0.25, 0.3) is 5.69 Å². The number of non-ortho nitro benzene ring substituents is 1. The molecule has 0 aliphatic heterocycles. The molecular weight excluding hydrogens is 392 g/mol. The number of nitrogens with zero attached hydrogens (tertiary/aromatic N) is 5. The van der Waals surface area contributed by atoms with Gasteiger partial charge in [0.2, 0.25) is 0 Å². The molecule has 0 atom stereocenters. The zero-order chi connectivity index (χ0) is 20.4. The Morgan fingerprint density at radius 2 is 1.79 bits per heavy atom. The van der Waals surface area contributed by atoms with Gasteiger partial charge in [0.15, 0.2) is 11.0 Å². The van der Waals surface area contributed by atoms with Gasteiger partial charge in [-0.05, 0) is 36.2 Å². The van der Waals surface area contributed by atoms with E-state index in [0.717, 1.165) is 11.1 Å². The summed E-state index contributed by atoms with van der Waals surface area (Å²) in [6.07, 6.45) is 3.21. The van der Waals surface area contributed by atoms with E-state index in [1.54, 1.807) is 18.5 Å². The van der Waals surface area contributed by atoms with Crippen LogP contribution in [0.4, 0.5) is 5.69 Å². The van der Waals surface area contributed by atoms with Crippen molar-refractivity contribution in [3.63, 3.8) is 0 Å². The summed E-state index contributed by atoms with van der Waals surface area (Å²) in [4.78, 5) is 33.7. The molecule has 0 saturated heterocycles. The average molecular weight is 406 g/mol. The summed E-state index contributed by atoms with van der Waals surface area (Å²) in [7, 11) is 0. The summed E-state index contributed by atoms with van der Waals surface area (Å²) in [6.45, 7) is 1.49. The number of rotatable bonds is 6. The number of hydrogen-bond donors (Lipinski definition) is 1. The van der Waals surface area contributed by atoms with Crippen molar-refractivity contribution in [2.45, 2.75) is 12.1 Å². The standard InChI is InChI=1S/C19H14N6O3S/c1-11(26)10-29-19-22-18(23-24-19)14-6-13(7-15(8-14)25(27)28)12-2-3-16-17(9-12)21-5-4-20-16/h2-9H,10H2,1H3,(H,22,23,24). The Morgan fingerprint density at radius 1 is 1.03 bits per heavy atom. The van der Waals surface area contributed by atoms with Crippen molar-refractivity contribution >= 4 is 34.3 Å². The Bertz CT molecular complexity index is 1240. The smallest absolute Gasteiger partial charge is 0.270 e. The first kappa shape index (κ1) is 18.7. The Morgan fingerprint density at radius 3 is 2.55 bits per heavy atom. The molecular formula is C19H14N6O3S. The number of thioether (sulfide) groups is 1. The Hall–Kier alpha value is -3.66. The first-order valence-corrected chi connectivity index (χ1v) is 9.54. The summed E-state index contributed by atoms with van der Waals surface area (Å²) in [5.74, 6) is 0.680. The van der Waals surface area contributed by atoms with Crippen LogP contribution < -0.4 is 0 Å². The minimum absolute atomic E-state index is 0.0185. The molecule has 1 N–H and O–H groups in total. The van der Waals surface area contributed by atoms with Gasteiger partial charge in [-0.15, -0.1) is 10.2 Å². The lowest BCUT2D eigenvalue weighted by Gasteiger charge is -2.06. The molecule has 144 valence electrons. The predicted molar refractivity (Wildman–Crippen MR) is 108 cm³/mol. The third-order valence-electron chi connectivity index (χ3n) is 4.08. The van der Waals surface area contributed by atoms with Gasteiger partial charge in [-0.2, -0.15) is 0 Å². The number of H-pyrrole nitrogens is 1. The van der Waals surface area contributed by atoms with Crippen LogP contribution in [-0.2, 0) is 4.79 Å². The second-order valence-corrected chi connectivity index (χ2v) is 7.22. The number of Topliss-reactive ketones (excluding diaryl/α,β-unsaturated/α-hetero) is 1. The fourth-order valence-corrected chi connectivity index (χ4v) is 3.38. The molecule has 4 rings (SSSR count). The van der Waals surface area contributed by atoms with E-state index in [1.807, 2.05) is 18.2 Å². The summed E-state index contributed by atoms with van der Waals surface area (Å²) >= 11 is 1.23. The molecule has 0 radical (unpaired) electrons. The zero-order valence-electron chi connectivity index (χ0n) is 15.2. The van der Waals surface area contributed by atoms with Crippen molar-refractivity contribution in [1.29, 1.82) is 0 Å². The normalized spacial score (nSPS) is 10.9. The molecule has 0 bridgehead atoms. The highest BCUT2D eigenvalue weighted by molar-refractivity contribution is 7.99. The summed E-state index contributed by atoms with van der Waals surface area (Å²) < 4.78 is 0. The van der Waals surface area contributed by atoms with Crippen LogP contribution in [-0.4, -0.2) is 41.6 Å². The van der Waals surface area contributed by atoms with Gasteiger partial charge in [0, 0.05) is 30.1 Å². The zero-order valence-corrected chi connectivity index (χ0v) is 16.0. The number of nitro benzene ring substituents is 1. The molecule has 29 heavy (non-hydrogen) atoms. The minimum Gasteiger partial charge on any atom is -0.316 e. The van der Waals surface area contributed by atoms with E-state index >= 15 is 0 Å². The monoisotopic (exact) mass is 406 g/mol. The lowest BCUT2D eigenvalue weighted by Crippen LogP contribution is -1.93. The summed E-state index contributed by atoms with van der Waals surface area (Å²) in [6, 6.07) is 10.2. The van der Waals surface area contributed by atoms with E-state index in [9.17, 15) is 14.9 Å². The predicted octanol–water partition coefficient (Wildman–Crippen LogP) is 3.67. The van der Waals surface area contributed by atoms with E-state index in [2.05, 4.69) is 25.1 Å². The van der Waals surface area contributed by atoms with Gasteiger partial charge < -0.3 is 4.98 Å². The summed E-state index contributed by atoms with van der Waals surface area (Å²) in [5.41, 5.74) is 3.32. The van der Waals surface area contributed by atoms with Crippen molar-refractivity contribution in [3.8, 4) is 22.5 Å². The maximum atomic E-state index is 11.5. The second kappa shape index (κ2) is 7.76. The number of hydrogen-bond acceptors (Lipinski definition) is 8. The number of aromatic amines is 1. The van der Waals surface area contributed by atoms with Gasteiger partial charge in [0.05, 0.1) is 21.7 Å². The van der Waals surface area contributed by atoms with Gasteiger partial charge in [-0.1, -0.05) is 17.8 Å². The highest BCUT2D eigenvalue weighted by Gasteiger charge is 2.15. The first-order valence-electron chi connectivity index (χ1n) is 8.55. The largest absolute Gasteiger partial charge is 0.316 e. The van der Waals surface area contributed by atoms with Gasteiger partial charge in [-0.3, -0.25) is 24.9 Å². The molecule has 0 aliphatic rings. The minimum atomic E-state index is -0.449. The lowest BCUT2D eigenvalue weighted by atomic mass is 10.0. The SMILES string of the molecule is CC(=O)CSc1nnc(-c2cc(-c3ccc4nccnc4c3)cc([N+](=O)[O-])c2)[nH]1. The van der Waals surface area contributed by atoms with Crippen molar-refractivity contribution in [2.24, 2.45) is 0 Å². The summed E-state index contributed by atoms with van der Waals surface area (Å²) in [5, 5.41) is 20.0. The number of carbonyl (C=O) groups is 1. The van der Waals surface area contributed by atoms with E-state index in [1.165, 1.54) is 30.8 Å². The van der Waals surface area contributed by atoms with E-state index in [4.69, 9.17) is 0 Å². The van der Waals surface area contributed by atoms with Crippen LogP contribution >= 0.6 is 11.8 Å². The van der Waals surface area contributed by atoms with Gasteiger partial charge >= 0.3 is 0 Å². The van der Waals surface area contributed by atoms with Gasteiger partial charge in [0.1, 0.15) is 5.78 Å². The maximum Gasteiger partial charge on any atom is 0.270 e. The molecule has 2 heterocycles. The Labute approximate surface area is 168 Å². The van der Waals surface area contributed by atoms with E-state index in [-0.39, 0.29) is 17.2 Å². The second-order valence-electron chi connectivity index (χ2n) is 6.25. The molecule has 4 aromatic rings. The topological polar surface area (TPSA) is 128 Å². The molecule has 0 amide bonds. The Balaban J connectivity index is 1.76. The van der Waals surface area contributed by atoms with Crippen LogP contribution in [0.15, 0.2) is 53.9 Å². The molecule has 0 fully saturated rings. The van der Waals surface area contributed by atoms with Crippen molar-refractivity contribution in [2.75, 3.05) is 5.75 Å². The fraction of sp³-hybridized carbons (Fsp3) is 0.105. The van der Waals surface area contributed by atoms with Crippen LogP contribution in [0.2, 0.25) is 0 Å². The maximum absolute atomic E-state index is 11.5. The van der Waals surface area contributed by atoms with Crippen molar-refractivity contribution in [3.05, 3.63) is 58.9 Å². The van der Waals surface area contributed by atoms with E-state index in [0.29, 0.717) is 27.6 Å². The number of carbonyl (C=O) groups excluding carboxylic acids is 1. The third-order valence-corrected chi connectivity index (χ3v) is 5.09. The molecule has 10 heteroatoms. The van der Waals surface area contributed by atoms with Crippen LogP contribution in [0.25, 0.3) is 33.5 Å². The van der Waals surface area contributed by atoms with Gasteiger partial charge in [-0.25, -0.2) is 0 Å². The third kappa shape index (κ3) is 4.11. The van der Waals surface area contributed by atoms with Crippen molar-refractivity contribution in [1.82, 2.24) is 25.1 Å². The number of ketones is 1.